The van der Waals surface area contributed by atoms with Gasteiger partial charge in [-0.1, -0.05) is 13.8 Å². The molecule has 1 rings (SSSR count). The summed E-state index contributed by atoms with van der Waals surface area (Å²) in [6.45, 7) is 3.87. The average Bonchev–Trinajstić information content (AvgIpc) is 2.30. The van der Waals surface area contributed by atoms with Crippen LogP contribution < -0.4 is 10.6 Å². The largest absolute Gasteiger partial charge is 0.478 e. The van der Waals surface area contributed by atoms with Gasteiger partial charge in [0.2, 0.25) is 5.91 Å². The maximum Gasteiger partial charge on any atom is 0.335 e. The van der Waals surface area contributed by atoms with Gasteiger partial charge in [-0.05, 0) is 52.3 Å². The predicted molar refractivity (Wildman–Crippen MR) is 84.9 cm³/mol. The lowest BCUT2D eigenvalue weighted by Crippen LogP contribution is -2.34. The maximum atomic E-state index is 11.6. The SMILES string of the molecule is CC(C)CC(=O)NC(=S)Nc1cc(C(=O)O)ccc1Br. The van der Waals surface area contributed by atoms with E-state index in [0.29, 0.717) is 16.6 Å². The second-order valence-corrected chi connectivity index (χ2v) is 5.86. The first-order chi connectivity index (χ1) is 9.29. The zero-order valence-corrected chi connectivity index (χ0v) is 13.5. The molecule has 20 heavy (non-hydrogen) atoms. The molecule has 0 saturated carbocycles. The zero-order valence-electron chi connectivity index (χ0n) is 11.1. The van der Waals surface area contributed by atoms with Crippen molar-refractivity contribution < 1.29 is 14.7 Å². The van der Waals surface area contributed by atoms with Crippen LogP contribution in [0.2, 0.25) is 0 Å². The van der Waals surface area contributed by atoms with Crippen molar-refractivity contribution in [1.29, 1.82) is 0 Å². The van der Waals surface area contributed by atoms with Gasteiger partial charge < -0.3 is 15.7 Å². The first-order valence-electron chi connectivity index (χ1n) is 5.93. The topological polar surface area (TPSA) is 78.4 Å². The summed E-state index contributed by atoms with van der Waals surface area (Å²) in [5, 5.41) is 14.4. The van der Waals surface area contributed by atoms with E-state index < -0.39 is 5.97 Å². The smallest absolute Gasteiger partial charge is 0.335 e. The summed E-state index contributed by atoms with van der Waals surface area (Å²) in [7, 11) is 0. The van der Waals surface area contributed by atoms with Gasteiger partial charge in [0.05, 0.1) is 11.3 Å². The molecule has 0 aromatic heterocycles. The molecule has 0 saturated heterocycles. The average molecular weight is 359 g/mol. The fourth-order valence-electron chi connectivity index (χ4n) is 1.46. The molecule has 0 spiro atoms. The Morgan fingerprint density at radius 2 is 2.05 bits per heavy atom. The minimum Gasteiger partial charge on any atom is -0.478 e. The van der Waals surface area contributed by atoms with Crippen molar-refractivity contribution >= 4 is 50.8 Å². The van der Waals surface area contributed by atoms with E-state index in [9.17, 15) is 9.59 Å². The molecule has 1 aromatic carbocycles. The molecular formula is C13H15BrN2O3S. The molecule has 0 bridgehead atoms. The molecule has 1 amide bonds. The molecular weight excluding hydrogens is 344 g/mol. The maximum absolute atomic E-state index is 11.6. The number of benzene rings is 1. The number of carbonyl (C=O) groups is 2. The van der Waals surface area contributed by atoms with Gasteiger partial charge in [0.15, 0.2) is 5.11 Å². The van der Waals surface area contributed by atoms with E-state index in [1.807, 2.05) is 13.8 Å². The highest BCUT2D eigenvalue weighted by Crippen LogP contribution is 2.23. The highest BCUT2D eigenvalue weighted by atomic mass is 79.9. The summed E-state index contributed by atoms with van der Waals surface area (Å²) in [5.74, 6) is -0.974. The van der Waals surface area contributed by atoms with Gasteiger partial charge in [-0.3, -0.25) is 4.79 Å². The third-order valence-electron chi connectivity index (χ3n) is 2.31. The molecule has 5 nitrogen and oxygen atoms in total. The fourth-order valence-corrected chi connectivity index (χ4v) is 2.03. The number of halogens is 1. The molecule has 0 heterocycles. The first-order valence-corrected chi connectivity index (χ1v) is 7.13. The quantitative estimate of drug-likeness (QED) is 0.721. The van der Waals surface area contributed by atoms with Gasteiger partial charge in [-0.25, -0.2) is 4.79 Å². The fraction of sp³-hybridized carbons (Fsp3) is 0.308. The van der Waals surface area contributed by atoms with Crippen molar-refractivity contribution in [3.63, 3.8) is 0 Å². The van der Waals surface area contributed by atoms with Crippen molar-refractivity contribution in [1.82, 2.24) is 5.32 Å². The van der Waals surface area contributed by atoms with Crippen LogP contribution in [0.3, 0.4) is 0 Å². The Hall–Kier alpha value is -1.47. The van der Waals surface area contributed by atoms with E-state index in [0.717, 1.165) is 0 Å². The number of hydrogen-bond donors (Lipinski definition) is 3. The van der Waals surface area contributed by atoms with Crippen LogP contribution in [-0.2, 0) is 4.79 Å². The predicted octanol–water partition coefficient (Wildman–Crippen LogP) is 3.01. The van der Waals surface area contributed by atoms with Gasteiger partial charge >= 0.3 is 5.97 Å². The summed E-state index contributed by atoms with van der Waals surface area (Å²) < 4.78 is 0.656. The second kappa shape index (κ2) is 7.35. The van der Waals surface area contributed by atoms with Gasteiger partial charge in [-0.2, -0.15) is 0 Å². The Labute approximate surface area is 130 Å². The monoisotopic (exact) mass is 358 g/mol. The molecule has 0 aliphatic carbocycles. The van der Waals surface area contributed by atoms with Crippen LogP contribution in [0.1, 0.15) is 30.6 Å². The van der Waals surface area contributed by atoms with Gasteiger partial charge in [0, 0.05) is 10.9 Å². The van der Waals surface area contributed by atoms with Crippen molar-refractivity contribution in [3.05, 3.63) is 28.2 Å². The van der Waals surface area contributed by atoms with E-state index in [-0.39, 0.29) is 22.5 Å². The number of amides is 1. The molecule has 3 N–H and O–H groups in total. The first kappa shape index (κ1) is 16.6. The number of anilines is 1. The molecule has 1 aromatic rings. The zero-order chi connectivity index (χ0) is 15.3. The summed E-state index contributed by atoms with van der Waals surface area (Å²) >= 11 is 8.31. The van der Waals surface area contributed by atoms with Crippen molar-refractivity contribution in [3.8, 4) is 0 Å². The number of hydrogen-bond acceptors (Lipinski definition) is 3. The van der Waals surface area contributed by atoms with E-state index >= 15 is 0 Å². The van der Waals surface area contributed by atoms with Crippen molar-refractivity contribution in [2.75, 3.05) is 5.32 Å². The summed E-state index contributed by atoms with van der Waals surface area (Å²) in [5.41, 5.74) is 0.617. The number of carboxylic acids is 1. The van der Waals surface area contributed by atoms with Gasteiger partial charge in [0.1, 0.15) is 0 Å². The molecule has 108 valence electrons. The molecule has 0 aliphatic rings. The van der Waals surface area contributed by atoms with Gasteiger partial charge in [-0.15, -0.1) is 0 Å². The van der Waals surface area contributed by atoms with E-state index in [1.165, 1.54) is 12.1 Å². The van der Waals surface area contributed by atoms with Gasteiger partial charge in [0.25, 0.3) is 0 Å². The van der Waals surface area contributed by atoms with Crippen LogP contribution >= 0.6 is 28.1 Å². The third kappa shape index (κ3) is 5.26. The Morgan fingerprint density at radius 1 is 1.40 bits per heavy atom. The summed E-state index contributed by atoms with van der Waals surface area (Å²) in [4.78, 5) is 22.5. The number of nitrogens with one attached hydrogen (secondary N) is 2. The third-order valence-corrected chi connectivity index (χ3v) is 3.20. The number of thiocarbonyl (C=S) groups is 1. The second-order valence-electron chi connectivity index (χ2n) is 4.60. The highest BCUT2D eigenvalue weighted by molar-refractivity contribution is 9.10. The van der Waals surface area contributed by atoms with E-state index in [1.54, 1.807) is 6.07 Å². The Balaban J connectivity index is 2.73. The van der Waals surface area contributed by atoms with E-state index in [4.69, 9.17) is 17.3 Å². The van der Waals surface area contributed by atoms with Crippen molar-refractivity contribution in [2.45, 2.75) is 20.3 Å². The Kier molecular flexibility index (Phi) is 6.09. The molecule has 0 radical (unpaired) electrons. The normalized spacial score (nSPS) is 10.2. The number of rotatable bonds is 4. The van der Waals surface area contributed by atoms with Crippen LogP contribution in [0.5, 0.6) is 0 Å². The molecule has 0 fully saturated rings. The Morgan fingerprint density at radius 3 is 2.60 bits per heavy atom. The lowest BCUT2D eigenvalue weighted by molar-refractivity contribution is -0.120. The lowest BCUT2D eigenvalue weighted by Gasteiger charge is -2.12. The standard InChI is InChI=1S/C13H15BrN2O3S/c1-7(2)5-11(17)16-13(20)15-10-6-8(12(18)19)3-4-9(10)14/h3-4,6-7H,5H2,1-2H3,(H,18,19)(H2,15,16,17,20). The summed E-state index contributed by atoms with van der Waals surface area (Å²) in [6, 6.07) is 4.51. The highest BCUT2D eigenvalue weighted by Gasteiger charge is 2.10. The number of carbonyl (C=O) groups excluding carboxylic acids is 1. The minimum atomic E-state index is -1.03. The number of aromatic carboxylic acids is 1. The molecule has 0 aliphatic heterocycles. The number of carboxylic acid groups (broad SMARTS) is 1. The molecule has 0 unspecified atom stereocenters. The van der Waals surface area contributed by atoms with Crippen LogP contribution in [0, 0.1) is 5.92 Å². The van der Waals surface area contributed by atoms with Crippen LogP contribution in [0.15, 0.2) is 22.7 Å². The van der Waals surface area contributed by atoms with Crippen molar-refractivity contribution in [2.24, 2.45) is 5.92 Å². The minimum absolute atomic E-state index is 0.131. The van der Waals surface area contributed by atoms with Crippen LogP contribution in [0.25, 0.3) is 0 Å². The lowest BCUT2D eigenvalue weighted by atomic mass is 10.1. The van der Waals surface area contributed by atoms with E-state index in [2.05, 4.69) is 26.6 Å². The molecule has 7 heteroatoms. The molecule has 0 atom stereocenters. The van der Waals surface area contributed by atoms with Crippen LogP contribution in [-0.4, -0.2) is 22.1 Å². The summed E-state index contributed by atoms with van der Waals surface area (Å²) in [6.07, 6.45) is 0.373. The van der Waals surface area contributed by atoms with Crippen LogP contribution in [0.4, 0.5) is 5.69 Å². The Bertz CT molecular complexity index is 546.